The van der Waals surface area contributed by atoms with Crippen LogP contribution in [0.1, 0.15) is 45.6 Å². The number of nitrogens with zero attached hydrogens (tertiary/aromatic N) is 2. The fourth-order valence-corrected chi connectivity index (χ4v) is 6.45. The highest BCUT2D eigenvalue weighted by atomic mass is 32.2. The number of hydrogen-bond acceptors (Lipinski definition) is 6. The first-order chi connectivity index (χ1) is 19.0. The molecule has 40 heavy (non-hydrogen) atoms. The topological polar surface area (TPSA) is 125 Å². The van der Waals surface area contributed by atoms with Crippen molar-refractivity contribution in [1.82, 2.24) is 14.5 Å². The number of halogens is 1. The predicted molar refractivity (Wildman–Crippen MR) is 155 cm³/mol. The van der Waals surface area contributed by atoms with Crippen LogP contribution in [-0.2, 0) is 26.0 Å². The molecule has 0 saturated carbocycles. The maximum atomic E-state index is 13.4. The number of carbonyl (C=O) groups is 2. The van der Waals surface area contributed by atoms with Crippen molar-refractivity contribution in [3.8, 4) is 0 Å². The lowest BCUT2D eigenvalue weighted by atomic mass is 9.92. The minimum Gasteiger partial charge on any atom is -0.350 e. The van der Waals surface area contributed by atoms with Gasteiger partial charge in [-0.05, 0) is 56.0 Å². The molecule has 220 valence electrons. The van der Waals surface area contributed by atoms with E-state index in [2.05, 4.69) is 10.6 Å². The monoisotopic (exact) mass is 575 g/mol. The number of benzene rings is 2. The van der Waals surface area contributed by atoms with Crippen molar-refractivity contribution in [1.29, 1.82) is 0 Å². The Morgan fingerprint density at radius 2 is 1.70 bits per heavy atom. The Kier molecular flexibility index (Phi) is 11.6. The van der Waals surface area contributed by atoms with Crippen molar-refractivity contribution < 1.29 is 22.4 Å². The van der Waals surface area contributed by atoms with Crippen LogP contribution >= 0.6 is 0 Å². The Labute approximate surface area is 237 Å². The molecule has 1 aliphatic rings. The van der Waals surface area contributed by atoms with Gasteiger partial charge in [-0.2, -0.15) is 4.31 Å². The third-order valence-electron chi connectivity index (χ3n) is 7.38. The van der Waals surface area contributed by atoms with E-state index >= 15 is 0 Å². The van der Waals surface area contributed by atoms with Crippen LogP contribution in [-0.4, -0.2) is 73.1 Å². The fraction of sp³-hybridized carbons (Fsp3) is 0.517. The van der Waals surface area contributed by atoms with Crippen LogP contribution in [0.5, 0.6) is 0 Å². The van der Waals surface area contributed by atoms with E-state index in [1.54, 1.807) is 18.7 Å². The van der Waals surface area contributed by atoms with Crippen LogP contribution in [0.15, 0.2) is 54.6 Å². The second kappa shape index (κ2) is 14.7. The molecule has 0 spiro atoms. The van der Waals surface area contributed by atoms with Gasteiger partial charge in [0.1, 0.15) is 11.7 Å². The summed E-state index contributed by atoms with van der Waals surface area (Å²) in [6.45, 7) is 6.79. The summed E-state index contributed by atoms with van der Waals surface area (Å²) in [4.78, 5) is 27.8. The molecule has 2 aromatic rings. The van der Waals surface area contributed by atoms with Gasteiger partial charge < -0.3 is 16.4 Å². The summed E-state index contributed by atoms with van der Waals surface area (Å²) in [5.74, 6) is -1.64. The highest BCUT2D eigenvalue weighted by molar-refractivity contribution is 7.89. The molecule has 1 heterocycles. The smallest absolute Gasteiger partial charge is 0.237 e. The van der Waals surface area contributed by atoms with Gasteiger partial charge in [-0.3, -0.25) is 14.5 Å². The van der Waals surface area contributed by atoms with Gasteiger partial charge in [0, 0.05) is 43.3 Å². The van der Waals surface area contributed by atoms with Gasteiger partial charge in [-0.25, -0.2) is 12.8 Å². The van der Waals surface area contributed by atoms with Gasteiger partial charge in [0.15, 0.2) is 0 Å². The largest absolute Gasteiger partial charge is 0.350 e. The lowest BCUT2D eigenvalue weighted by Crippen LogP contribution is -2.58. The molecule has 11 heteroatoms. The first-order valence-corrected chi connectivity index (χ1v) is 15.5. The third kappa shape index (κ3) is 9.09. The van der Waals surface area contributed by atoms with Crippen molar-refractivity contribution in [2.45, 2.75) is 64.6 Å². The normalized spacial score (nSPS) is 18.8. The second-order valence-electron chi connectivity index (χ2n) is 10.6. The van der Waals surface area contributed by atoms with Gasteiger partial charge in [0.05, 0.1) is 6.04 Å². The number of rotatable bonds is 13. The average Bonchev–Trinajstić information content (AvgIpc) is 2.92. The van der Waals surface area contributed by atoms with Crippen molar-refractivity contribution >= 4 is 27.5 Å². The van der Waals surface area contributed by atoms with E-state index in [1.807, 2.05) is 37.3 Å². The number of sulfonamides is 1. The van der Waals surface area contributed by atoms with Crippen molar-refractivity contribution in [2.24, 2.45) is 11.7 Å². The minimum atomic E-state index is -3.48. The van der Waals surface area contributed by atoms with Crippen LogP contribution in [0, 0.1) is 11.7 Å². The molecule has 0 aromatic heterocycles. The maximum Gasteiger partial charge on any atom is 0.237 e. The lowest BCUT2D eigenvalue weighted by Gasteiger charge is -2.37. The zero-order chi connectivity index (χ0) is 29.3. The van der Waals surface area contributed by atoms with Gasteiger partial charge in [-0.15, -0.1) is 0 Å². The maximum absolute atomic E-state index is 13.4. The van der Waals surface area contributed by atoms with Crippen molar-refractivity contribution in [3.05, 3.63) is 66.0 Å². The van der Waals surface area contributed by atoms with Crippen LogP contribution in [0.4, 0.5) is 10.1 Å². The Morgan fingerprint density at radius 1 is 1.02 bits per heavy atom. The summed E-state index contributed by atoms with van der Waals surface area (Å²) in [6.07, 6.45) is 2.46. The molecule has 0 radical (unpaired) electrons. The number of nitrogens with one attached hydrogen (secondary N) is 2. The SMILES string of the molecule is CCCCN1CCN([C@@H](C)C(=O)N[C@@H](Cc2ccccc2)[C@@H](N)C[C@@H](C)C(=O)Nc2ccc(F)cc2)CS1(=O)=O. The molecule has 4 N–H and O–H groups in total. The zero-order valence-corrected chi connectivity index (χ0v) is 24.4. The Bertz CT molecular complexity index is 1210. The first-order valence-electron chi connectivity index (χ1n) is 13.9. The molecule has 0 aliphatic carbocycles. The standard InChI is InChI=1S/C29H42FN5O4S/c1-4-5-15-35-17-16-34(20-40(35,38)39)22(3)29(37)33-27(19-23-9-7-6-8-10-23)26(31)18-21(2)28(36)32-25-13-11-24(30)12-14-25/h6-14,21-22,26-27H,4-5,15-20,31H2,1-3H3,(H,32,36)(H,33,37)/t21-,22+,26+,27+/m1/s1. The summed E-state index contributed by atoms with van der Waals surface area (Å²) >= 11 is 0. The number of amides is 2. The second-order valence-corrected chi connectivity index (χ2v) is 12.5. The number of hydrogen-bond donors (Lipinski definition) is 3. The summed E-state index contributed by atoms with van der Waals surface area (Å²) in [6, 6.07) is 13.4. The first kappa shape index (κ1) is 31.7. The fourth-order valence-electron chi connectivity index (χ4n) is 4.75. The average molecular weight is 576 g/mol. The molecule has 2 aromatic carbocycles. The molecule has 3 rings (SSSR count). The summed E-state index contributed by atoms with van der Waals surface area (Å²) in [5, 5.41) is 5.82. The highest BCUT2D eigenvalue weighted by Crippen LogP contribution is 2.18. The molecular weight excluding hydrogens is 533 g/mol. The van der Waals surface area contributed by atoms with Crippen LogP contribution in [0.2, 0.25) is 0 Å². The molecule has 9 nitrogen and oxygen atoms in total. The third-order valence-corrected chi connectivity index (χ3v) is 9.19. The van der Waals surface area contributed by atoms with Crippen molar-refractivity contribution in [2.75, 3.05) is 30.8 Å². The van der Waals surface area contributed by atoms with Gasteiger partial charge in [-0.1, -0.05) is 50.6 Å². The highest BCUT2D eigenvalue weighted by Gasteiger charge is 2.35. The quantitative estimate of drug-likeness (QED) is 0.337. The molecule has 0 bridgehead atoms. The van der Waals surface area contributed by atoms with Gasteiger partial charge in [0.25, 0.3) is 0 Å². The molecule has 4 atom stereocenters. The summed E-state index contributed by atoms with van der Waals surface area (Å²) < 4.78 is 40.3. The lowest BCUT2D eigenvalue weighted by molar-refractivity contribution is -0.126. The van der Waals surface area contributed by atoms with E-state index in [1.165, 1.54) is 28.6 Å². The molecule has 1 saturated heterocycles. The minimum absolute atomic E-state index is 0.207. The van der Waals surface area contributed by atoms with E-state index in [4.69, 9.17) is 5.73 Å². The molecule has 1 aliphatic heterocycles. The van der Waals surface area contributed by atoms with E-state index in [0.29, 0.717) is 38.2 Å². The van der Waals surface area contributed by atoms with E-state index in [-0.39, 0.29) is 17.7 Å². The van der Waals surface area contributed by atoms with Gasteiger partial charge in [0.2, 0.25) is 21.8 Å². The molecule has 1 fully saturated rings. The van der Waals surface area contributed by atoms with E-state index < -0.39 is 39.9 Å². The van der Waals surface area contributed by atoms with Gasteiger partial charge >= 0.3 is 0 Å². The predicted octanol–water partition coefficient (Wildman–Crippen LogP) is 2.94. The molecule has 0 unspecified atom stereocenters. The van der Waals surface area contributed by atoms with E-state index in [9.17, 15) is 22.4 Å². The summed E-state index contributed by atoms with van der Waals surface area (Å²) in [7, 11) is -3.48. The Morgan fingerprint density at radius 3 is 2.33 bits per heavy atom. The van der Waals surface area contributed by atoms with E-state index in [0.717, 1.165) is 18.4 Å². The molecule has 2 amide bonds. The molecular formula is C29H42FN5O4S. The zero-order valence-electron chi connectivity index (χ0n) is 23.6. The Balaban J connectivity index is 1.66. The number of unbranched alkanes of at least 4 members (excludes halogenated alkanes) is 1. The van der Waals surface area contributed by atoms with Crippen molar-refractivity contribution in [3.63, 3.8) is 0 Å². The number of nitrogens with two attached hydrogens (primary N) is 1. The van der Waals surface area contributed by atoms with Crippen LogP contribution in [0.3, 0.4) is 0 Å². The van der Waals surface area contributed by atoms with Crippen LogP contribution < -0.4 is 16.4 Å². The number of carbonyl (C=O) groups excluding carboxylic acids is 2. The van der Waals surface area contributed by atoms with Crippen LogP contribution in [0.25, 0.3) is 0 Å². The number of anilines is 1. The Hall–Kier alpha value is -2.86. The summed E-state index contributed by atoms with van der Waals surface area (Å²) in [5.41, 5.74) is 8.06.